The zero-order chi connectivity index (χ0) is 17.1. The number of amides is 1. The molecular weight excluding hydrogens is 376 g/mol. The van der Waals surface area contributed by atoms with Crippen molar-refractivity contribution in [3.8, 4) is 0 Å². The third kappa shape index (κ3) is 3.96. The molecule has 24 heavy (non-hydrogen) atoms. The van der Waals surface area contributed by atoms with E-state index in [9.17, 15) is 14.7 Å². The number of hydrogen-bond acceptors (Lipinski definition) is 3. The van der Waals surface area contributed by atoms with Gasteiger partial charge in [0, 0.05) is 47.6 Å². The Morgan fingerprint density at radius 3 is 3.00 bits per heavy atom. The summed E-state index contributed by atoms with van der Waals surface area (Å²) in [5.41, 5.74) is 1.80. The van der Waals surface area contributed by atoms with E-state index in [4.69, 9.17) is 4.74 Å². The average molecular weight is 395 g/mol. The normalized spacial score (nSPS) is 18.6. The van der Waals surface area contributed by atoms with Crippen molar-refractivity contribution in [1.82, 2.24) is 10.3 Å². The van der Waals surface area contributed by atoms with Crippen LogP contribution in [0.2, 0.25) is 0 Å². The van der Waals surface area contributed by atoms with Crippen molar-refractivity contribution in [3.63, 3.8) is 0 Å². The topological polar surface area (TPSA) is 91.4 Å². The van der Waals surface area contributed by atoms with E-state index < -0.39 is 12.0 Å². The lowest BCUT2D eigenvalue weighted by Gasteiger charge is -2.15. The number of halogens is 1. The summed E-state index contributed by atoms with van der Waals surface area (Å²) in [4.78, 5) is 26.8. The molecule has 0 aliphatic carbocycles. The number of carboxylic acids is 1. The quantitative estimate of drug-likeness (QED) is 0.701. The molecule has 2 heterocycles. The number of carboxylic acid groups (broad SMARTS) is 1. The van der Waals surface area contributed by atoms with Gasteiger partial charge in [0.25, 0.3) is 0 Å². The van der Waals surface area contributed by atoms with Gasteiger partial charge in [-0.25, -0.2) is 4.79 Å². The number of H-pyrrole nitrogens is 1. The third-order valence-electron chi connectivity index (χ3n) is 4.28. The number of carbonyl (C=O) groups excluding carboxylic acids is 1. The van der Waals surface area contributed by atoms with Gasteiger partial charge < -0.3 is 20.1 Å². The highest BCUT2D eigenvalue weighted by Gasteiger charge is 2.25. The van der Waals surface area contributed by atoms with E-state index in [2.05, 4.69) is 26.2 Å². The highest BCUT2D eigenvalue weighted by molar-refractivity contribution is 9.10. The number of aromatic nitrogens is 1. The van der Waals surface area contributed by atoms with Crippen LogP contribution in [0.1, 0.15) is 18.4 Å². The fourth-order valence-electron chi connectivity index (χ4n) is 3.00. The first-order chi connectivity index (χ1) is 11.5. The molecule has 2 aromatic rings. The molecule has 1 fully saturated rings. The van der Waals surface area contributed by atoms with Crippen molar-refractivity contribution < 1.29 is 19.4 Å². The van der Waals surface area contributed by atoms with Crippen LogP contribution in [-0.4, -0.2) is 41.2 Å². The molecule has 3 rings (SSSR count). The van der Waals surface area contributed by atoms with Crippen LogP contribution in [0.5, 0.6) is 0 Å². The molecule has 1 aromatic heterocycles. The van der Waals surface area contributed by atoms with E-state index in [0.717, 1.165) is 27.4 Å². The molecule has 0 bridgehead atoms. The molecule has 6 nitrogen and oxygen atoms in total. The Bertz CT molecular complexity index is 752. The highest BCUT2D eigenvalue weighted by Crippen LogP contribution is 2.24. The van der Waals surface area contributed by atoms with Crippen LogP contribution in [0.4, 0.5) is 0 Å². The molecule has 1 aliphatic rings. The molecule has 1 aromatic carbocycles. The molecule has 1 amide bonds. The predicted octanol–water partition coefficient (Wildman–Crippen LogP) is 2.47. The summed E-state index contributed by atoms with van der Waals surface area (Å²) in [5, 5.41) is 13.0. The first-order valence-corrected chi connectivity index (χ1v) is 8.67. The van der Waals surface area contributed by atoms with E-state index in [-0.39, 0.29) is 18.2 Å². The minimum atomic E-state index is -1.03. The summed E-state index contributed by atoms with van der Waals surface area (Å²) in [5.74, 6) is -1.09. The first-order valence-electron chi connectivity index (χ1n) is 7.88. The van der Waals surface area contributed by atoms with E-state index in [1.165, 1.54) is 0 Å². The standard InChI is InChI=1S/C17H19BrN2O4/c18-12-1-2-14-13(7-12)11(8-19-14)6-15(17(22)23)20-16(21)5-10-3-4-24-9-10/h1-2,7-8,10,15,19H,3-6,9H2,(H,20,21)(H,22,23)/t10-,15+/m0/s1. The summed E-state index contributed by atoms with van der Waals surface area (Å²) < 4.78 is 6.17. The van der Waals surface area contributed by atoms with Crippen LogP contribution >= 0.6 is 15.9 Å². The van der Waals surface area contributed by atoms with Crippen LogP contribution in [0.3, 0.4) is 0 Å². The highest BCUT2D eigenvalue weighted by atomic mass is 79.9. The van der Waals surface area contributed by atoms with Gasteiger partial charge in [0.2, 0.25) is 5.91 Å². The maximum atomic E-state index is 12.1. The van der Waals surface area contributed by atoms with Gasteiger partial charge in [-0.15, -0.1) is 0 Å². The monoisotopic (exact) mass is 394 g/mol. The van der Waals surface area contributed by atoms with E-state index in [0.29, 0.717) is 19.6 Å². The van der Waals surface area contributed by atoms with Crippen molar-refractivity contribution >= 4 is 38.7 Å². The van der Waals surface area contributed by atoms with Gasteiger partial charge in [-0.1, -0.05) is 15.9 Å². The van der Waals surface area contributed by atoms with E-state index in [1.54, 1.807) is 6.20 Å². The van der Waals surface area contributed by atoms with Gasteiger partial charge in [-0.05, 0) is 36.1 Å². The molecule has 128 valence electrons. The number of carbonyl (C=O) groups is 2. The number of benzene rings is 1. The number of nitrogens with one attached hydrogen (secondary N) is 2. The average Bonchev–Trinajstić information content (AvgIpc) is 3.16. The Balaban J connectivity index is 1.69. The number of aliphatic carboxylic acids is 1. The summed E-state index contributed by atoms with van der Waals surface area (Å²) in [7, 11) is 0. The zero-order valence-corrected chi connectivity index (χ0v) is 14.6. The minimum Gasteiger partial charge on any atom is -0.480 e. The first kappa shape index (κ1) is 17.0. The smallest absolute Gasteiger partial charge is 0.326 e. The van der Waals surface area contributed by atoms with Gasteiger partial charge >= 0.3 is 5.97 Å². The SMILES string of the molecule is O=C(C[C@@H]1CCOC1)N[C@H](Cc1c[nH]c2ccc(Br)cc12)C(=O)O. The van der Waals surface area contributed by atoms with Crippen LogP contribution in [0.15, 0.2) is 28.9 Å². The van der Waals surface area contributed by atoms with Crippen molar-refractivity contribution in [2.24, 2.45) is 5.92 Å². The van der Waals surface area contributed by atoms with Gasteiger partial charge in [-0.2, -0.15) is 0 Å². The molecule has 1 saturated heterocycles. The van der Waals surface area contributed by atoms with Crippen molar-refractivity contribution in [1.29, 1.82) is 0 Å². The third-order valence-corrected chi connectivity index (χ3v) is 4.78. The number of rotatable bonds is 6. The second-order valence-corrected chi connectivity index (χ2v) is 7.02. The summed E-state index contributed by atoms with van der Waals surface area (Å²) in [6, 6.07) is 4.84. The van der Waals surface area contributed by atoms with Crippen molar-refractivity contribution in [2.45, 2.75) is 25.3 Å². The number of fused-ring (bicyclic) bond motifs is 1. The summed E-state index contributed by atoms with van der Waals surface area (Å²) in [6.07, 6.45) is 3.19. The predicted molar refractivity (Wildman–Crippen MR) is 92.8 cm³/mol. The van der Waals surface area contributed by atoms with Crippen molar-refractivity contribution in [3.05, 3.63) is 34.4 Å². The second kappa shape index (κ2) is 7.36. The molecule has 3 N–H and O–H groups in total. The van der Waals surface area contributed by atoms with Crippen LogP contribution in [0.25, 0.3) is 10.9 Å². The van der Waals surface area contributed by atoms with Gasteiger partial charge in [0.15, 0.2) is 0 Å². The van der Waals surface area contributed by atoms with Crippen molar-refractivity contribution in [2.75, 3.05) is 13.2 Å². The van der Waals surface area contributed by atoms with Crippen LogP contribution < -0.4 is 5.32 Å². The lowest BCUT2D eigenvalue weighted by molar-refractivity contribution is -0.141. The summed E-state index contributed by atoms with van der Waals surface area (Å²) in [6.45, 7) is 1.24. The van der Waals surface area contributed by atoms with Crippen LogP contribution in [0, 0.1) is 5.92 Å². The van der Waals surface area contributed by atoms with Gasteiger partial charge in [0.05, 0.1) is 0 Å². The maximum absolute atomic E-state index is 12.1. The van der Waals surface area contributed by atoms with Gasteiger partial charge in [-0.3, -0.25) is 4.79 Å². The number of aromatic amines is 1. The molecule has 7 heteroatoms. The Hall–Kier alpha value is -1.86. The molecule has 0 radical (unpaired) electrons. The number of ether oxygens (including phenoxy) is 1. The lowest BCUT2D eigenvalue weighted by Crippen LogP contribution is -2.42. The lowest BCUT2D eigenvalue weighted by atomic mass is 10.0. The molecule has 2 atom stereocenters. The largest absolute Gasteiger partial charge is 0.480 e. The fourth-order valence-corrected chi connectivity index (χ4v) is 3.36. The molecule has 0 unspecified atom stereocenters. The summed E-state index contributed by atoms with van der Waals surface area (Å²) >= 11 is 3.42. The Morgan fingerprint density at radius 1 is 1.46 bits per heavy atom. The van der Waals surface area contributed by atoms with Crippen LogP contribution in [-0.2, 0) is 20.7 Å². The molecular formula is C17H19BrN2O4. The Labute approximate surface area is 147 Å². The van der Waals surface area contributed by atoms with E-state index in [1.807, 2.05) is 18.2 Å². The molecule has 0 saturated carbocycles. The molecule has 1 aliphatic heterocycles. The maximum Gasteiger partial charge on any atom is 0.326 e. The zero-order valence-electron chi connectivity index (χ0n) is 13.0. The second-order valence-electron chi connectivity index (χ2n) is 6.10. The number of hydrogen-bond donors (Lipinski definition) is 3. The Morgan fingerprint density at radius 2 is 2.29 bits per heavy atom. The Kier molecular flexibility index (Phi) is 5.20. The minimum absolute atomic E-state index is 0.184. The fraction of sp³-hybridized carbons (Fsp3) is 0.412. The van der Waals surface area contributed by atoms with E-state index >= 15 is 0 Å². The molecule has 0 spiro atoms. The van der Waals surface area contributed by atoms with Gasteiger partial charge in [0.1, 0.15) is 6.04 Å².